The van der Waals surface area contributed by atoms with Gasteiger partial charge in [0.2, 0.25) is 0 Å². The van der Waals surface area contributed by atoms with Gasteiger partial charge >= 0.3 is 0 Å². The molecular formula is C78H53N. The maximum atomic E-state index is 2.57. The van der Waals surface area contributed by atoms with E-state index in [1.807, 2.05) is 0 Å². The van der Waals surface area contributed by atoms with Crippen molar-refractivity contribution >= 4 is 21.8 Å². The second kappa shape index (κ2) is 20.7. The predicted molar refractivity (Wildman–Crippen MR) is 335 cm³/mol. The van der Waals surface area contributed by atoms with Crippen LogP contribution < -0.4 is 0 Å². The van der Waals surface area contributed by atoms with Crippen LogP contribution in [0.5, 0.6) is 0 Å². The number of para-hydroxylation sites is 1. The van der Waals surface area contributed by atoms with E-state index in [-0.39, 0.29) is 0 Å². The number of nitrogens with zero attached hydrogens (tertiary/aromatic N) is 1. The van der Waals surface area contributed by atoms with Crippen molar-refractivity contribution in [3.05, 3.63) is 322 Å². The fourth-order valence-corrected chi connectivity index (χ4v) is 11.8. The van der Waals surface area contributed by atoms with Crippen LogP contribution in [0.15, 0.2) is 322 Å². The lowest BCUT2D eigenvalue weighted by molar-refractivity contribution is 1.18. The summed E-state index contributed by atoms with van der Waals surface area (Å²) in [7, 11) is 0. The molecule has 79 heavy (non-hydrogen) atoms. The Hall–Kier alpha value is -10.3. The number of aromatic nitrogens is 1. The summed E-state index contributed by atoms with van der Waals surface area (Å²) in [5, 5.41) is 2.36. The minimum atomic E-state index is 1.09. The summed E-state index contributed by atoms with van der Waals surface area (Å²) < 4.78 is 2.57. The smallest absolute Gasteiger partial charge is 0.0620 e. The second-order valence-corrected chi connectivity index (χ2v) is 20.4. The van der Waals surface area contributed by atoms with E-state index in [9.17, 15) is 0 Å². The van der Waals surface area contributed by atoms with Gasteiger partial charge in [-0.1, -0.05) is 249 Å². The molecule has 14 rings (SSSR count). The maximum Gasteiger partial charge on any atom is 0.0620 e. The SMILES string of the molecule is c1ccc(-c2cc(-c3ccccc3)cc(-c3ccccc3-c3cc(-c4ccccc4)cc4c5cc(-c6ccccc6)cc(-c6ccccc6-c6cc(-c7ccccc7)cc(-c7ccccc7)c6)c5n(-c5ccccc5)c34)c2)cc1. The molecule has 0 N–H and O–H groups in total. The van der Waals surface area contributed by atoms with E-state index in [0.717, 1.165) is 72.4 Å². The van der Waals surface area contributed by atoms with E-state index in [1.54, 1.807) is 0 Å². The highest BCUT2D eigenvalue weighted by molar-refractivity contribution is 6.20. The summed E-state index contributed by atoms with van der Waals surface area (Å²) in [6.07, 6.45) is 0. The van der Waals surface area contributed by atoms with Gasteiger partial charge in [0.05, 0.1) is 11.0 Å². The third-order valence-electron chi connectivity index (χ3n) is 15.5. The molecule has 0 atom stereocenters. The molecular weight excluding hydrogens is 951 g/mol. The Bertz CT molecular complexity index is 4080. The summed E-state index contributed by atoms with van der Waals surface area (Å²) in [6, 6.07) is 118. The largest absolute Gasteiger partial charge is 0.308 e. The van der Waals surface area contributed by atoms with Crippen LogP contribution >= 0.6 is 0 Å². The van der Waals surface area contributed by atoms with Crippen molar-refractivity contribution in [3.63, 3.8) is 0 Å². The van der Waals surface area contributed by atoms with Gasteiger partial charge in [-0.25, -0.2) is 0 Å². The van der Waals surface area contributed by atoms with Crippen LogP contribution in [0, 0.1) is 0 Å². The fourth-order valence-electron chi connectivity index (χ4n) is 11.8. The lowest BCUT2D eigenvalue weighted by atomic mass is 9.87. The zero-order valence-electron chi connectivity index (χ0n) is 43.5. The van der Waals surface area contributed by atoms with Crippen molar-refractivity contribution < 1.29 is 0 Å². The Balaban J connectivity index is 1.10. The van der Waals surface area contributed by atoms with E-state index < -0.39 is 0 Å². The first-order valence-corrected chi connectivity index (χ1v) is 27.2. The number of hydrogen-bond donors (Lipinski definition) is 0. The Morgan fingerprint density at radius 2 is 0.380 bits per heavy atom. The van der Waals surface area contributed by atoms with Crippen molar-refractivity contribution in [2.24, 2.45) is 0 Å². The van der Waals surface area contributed by atoms with Crippen LogP contribution in [0.4, 0.5) is 0 Å². The molecule has 1 heterocycles. The number of rotatable bonds is 11. The van der Waals surface area contributed by atoms with Gasteiger partial charge in [0.1, 0.15) is 0 Å². The zero-order chi connectivity index (χ0) is 52.5. The van der Waals surface area contributed by atoms with Gasteiger partial charge in [-0.05, 0) is 173 Å². The van der Waals surface area contributed by atoms with Gasteiger partial charge in [0, 0.05) is 27.6 Å². The molecule has 0 bridgehead atoms. The maximum absolute atomic E-state index is 2.57. The quantitative estimate of drug-likeness (QED) is 0.122. The summed E-state index contributed by atoms with van der Waals surface area (Å²) >= 11 is 0. The summed E-state index contributed by atoms with van der Waals surface area (Å²) in [5.74, 6) is 0. The van der Waals surface area contributed by atoms with Crippen LogP contribution in [0.2, 0.25) is 0 Å². The minimum Gasteiger partial charge on any atom is -0.308 e. The molecule has 0 spiro atoms. The summed E-state index contributed by atoms with van der Waals surface area (Å²) in [4.78, 5) is 0. The number of benzene rings is 13. The standard InChI is InChI=1S/C78H53N/c1-8-26-54(27-9-1)60-44-61(55-28-10-2-11-29-55)47-66(46-60)69-40-22-24-42-71(69)73-50-64(58-34-16-5-17-35-58)52-75-76-53-65(59-36-18-6-19-37-59)51-74(78(76)79(77(73)75)68-38-20-7-21-39-68)72-43-25-23-41-70(72)67-48-62(56-30-12-3-13-31-56)45-63(49-67)57-32-14-4-15-33-57/h1-53H. The highest BCUT2D eigenvalue weighted by Gasteiger charge is 2.25. The van der Waals surface area contributed by atoms with E-state index in [0.29, 0.717) is 0 Å². The molecule has 0 fully saturated rings. The number of fused-ring (bicyclic) bond motifs is 3. The first kappa shape index (κ1) is 47.1. The lowest BCUT2D eigenvalue weighted by Crippen LogP contribution is -1.99. The third kappa shape index (κ3) is 9.04. The first-order chi connectivity index (χ1) is 39.2. The highest BCUT2D eigenvalue weighted by Crippen LogP contribution is 2.49. The average molecular weight is 1000 g/mol. The Labute approximate surface area is 462 Å². The Morgan fingerprint density at radius 1 is 0.152 bits per heavy atom. The zero-order valence-corrected chi connectivity index (χ0v) is 43.5. The minimum absolute atomic E-state index is 1.09. The van der Waals surface area contributed by atoms with Crippen molar-refractivity contribution in [3.8, 4) is 117 Å². The van der Waals surface area contributed by atoms with Crippen LogP contribution in [0.1, 0.15) is 0 Å². The van der Waals surface area contributed by atoms with Gasteiger partial charge in [-0.2, -0.15) is 0 Å². The molecule has 370 valence electrons. The van der Waals surface area contributed by atoms with E-state index >= 15 is 0 Å². The normalized spacial score (nSPS) is 11.3. The molecule has 0 aliphatic carbocycles. The van der Waals surface area contributed by atoms with Gasteiger partial charge in [-0.3, -0.25) is 0 Å². The number of hydrogen-bond acceptors (Lipinski definition) is 0. The molecule has 13 aromatic carbocycles. The van der Waals surface area contributed by atoms with Gasteiger partial charge in [-0.15, -0.1) is 0 Å². The van der Waals surface area contributed by atoms with Gasteiger partial charge in [0.15, 0.2) is 0 Å². The van der Waals surface area contributed by atoms with Gasteiger partial charge in [0.25, 0.3) is 0 Å². The molecule has 14 aromatic rings. The molecule has 0 aliphatic heterocycles. The monoisotopic (exact) mass is 1000 g/mol. The van der Waals surface area contributed by atoms with E-state index in [2.05, 4.69) is 326 Å². The summed E-state index contributed by atoms with van der Waals surface area (Å²) in [6.45, 7) is 0. The van der Waals surface area contributed by atoms with E-state index in [4.69, 9.17) is 0 Å². The summed E-state index contributed by atoms with van der Waals surface area (Å²) in [5.41, 5.74) is 26.7. The second-order valence-electron chi connectivity index (χ2n) is 20.4. The highest BCUT2D eigenvalue weighted by atomic mass is 15.0. The average Bonchev–Trinajstić information content (AvgIpc) is 4.15. The Morgan fingerprint density at radius 3 is 0.671 bits per heavy atom. The first-order valence-electron chi connectivity index (χ1n) is 27.2. The fraction of sp³-hybridized carbons (Fsp3) is 0. The van der Waals surface area contributed by atoms with Gasteiger partial charge < -0.3 is 4.57 Å². The van der Waals surface area contributed by atoms with Crippen LogP contribution in [0.3, 0.4) is 0 Å². The molecule has 1 aromatic heterocycles. The third-order valence-corrected chi connectivity index (χ3v) is 15.5. The molecule has 1 heteroatoms. The molecule has 0 radical (unpaired) electrons. The van der Waals surface area contributed by atoms with Crippen molar-refractivity contribution in [2.45, 2.75) is 0 Å². The van der Waals surface area contributed by atoms with Crippen molar-refractivity contribution in [1.29, 1.82) is 0 Å². The molecule has 1 nitrogen and oxygen atoms in total. The molecule has 0 aliphatic rings. The van der Waals surface area contributed by atoms with Crippen LogP contribution in [-0.4, -0.2) is 4.57 Å². The molecule has 0 saturated heterocycles. The van der Waals surface area contributed by atoms with Crippen LogP contribution in [-0.2, 0) is 0 Å². The van der Waals surface area contributed by atoms with Crippen LogP contribution in [0.25, 0.3) is 139 Å². The molecule has 0 saturated carbocycles. The molecule has 0 amide bonds. The van der Waals surface area contributed by atoms with Crippen molar-refractivity contribution in [2.75, 3.05) is 0 Å². The lowest BCUT2D eigenvalue weighted by Gasteiger charge is -2.19. The Kier molecular flexibility index (Phi) is 12.3. The molecule has 0 unspecified atom stereocenters. The topological polar surface area (TPSA) is 4.93 Å². The predicted octanol–water partition coefficient (Wildman–Crippen LogP) is 21.5. The van der Waals surface area contributed by atoms with E-state index in [1.165, 1.54) is 66.4 Å². The van der Waals surface area contributed by atoms with Crippen molar-refractivity contribution in [1.82, 2.24) is 4.57 Å².